The Morgan fingerprint density at radius 2 is 2.38 bits per heavy atom. The monoisotopic (exact) mass is 239 g/mol. The maximum Gasteiger partial charge on any atom is 0.0954 e. The summed E-state index contributed by atoms with van der Waals surface area (Å²) in [7, 11) is 0. The number of rotatable bonds is 3. The maximum atomic E-state index is 10.2. The Labute approximate surface area is 102 Å². The molecule has 0 saturated heterocycles. The van der Waals surface area contributed by atoms with Gasteiger partial charge in [-0.3, -0.25) is 0 Å². The smallest absolute Gasteiger partial charge is 0.0954 e. The van der Waals surface area contributed by atoms with E-state index in [0.717, 1.165) is 23.0 Å². The first-order valence-electron chi connectivity index (χ1n) is 6.24. The summed E-state index contributed by atoms with van der Waals surface area (Å²) < 4.78 is 0. The second-order valence-corrected chi connectivity index (χ2v) is 6.13. The van der Waals surface area contributed by atoms with Crippen molar-refractivity contribution in [2.24, 2.45) is 11.8 Å². The van der Waals surface area contributed by atoms with Crippen LogP contribution in [0.3, 0.4) is 0 Å². The highest BCUT2D eigenvalue weighted by Crippen LogP contribution is 2.32. The summed E-state index contributed by atoms with van der Waals surface area (Å²) in [5.41, 5.74) is 1.07. The molecule has 0 amide bonds. The van der Waals surface area contributed by atoms with Gasteiger partial charge in [0.25, 0.3) is 0 Å². The second-order valence-electron chi connectivity index (χ2n) is 5.19. The molecular formula is C13H21NOS. The van der Waals surface area contributed by atoms with Gasteiger partial charge in [-0.2, -0.15) is 0 Å². The van der Waals surface area contributed by atoms with Gasteiger partial charge in [0.1, 0.15) is 0 Å². The van der Waals surface area contributed by atoms with Gasteiger partial charge in [-0.05, 0) is 31.6 Å². The topological polar surface area (TPSA) is 33.1 Å². The van der Waals surface area contributed by atoms with Crippen LogP contribution in [0, 0.1) is 18.8 Å². The molecule has 1 saturated carbocycles. The van der Waals surface area contributed by atoms with Crippen LogP contribution in [-0.2, 0) is 6.42 Å². The van der Waals surface area contributed by atoms with E-state index in [4.69, 9.17) is 0 Å². The van der Waals surface area contributed by atoms with Crippen molar-refractivity contribution in [2.45, 2.75) is 52.1 Å². The van der Waals surface area contributed by atoms with Crippen LogP contribution >= 0.6 is 11.3 Å². The third-order valence-corrected chi connectivity index (χ3v) is 4.56. The number of nitrogens with zero attached hydrogens (tertiary/aromatic N) is 1. The molecule has 2 rings (SSSR count). The van der Waals surface area contributed by atoms with Crippen LogP contribution in [0.15, 0.2) is 5.38 Å². The molecule has 0 radical (unpaired) electrons. The largest absolute Gasteiger partial charge is 0.392 e. The van der Waals surface area contributed by atoms with E-state index in [1.807, 2.05) is 6.92 Å². The fraction of sp³-hybridized carbons (Fsp3) is 0.769. The van der Waals surface area contributed by atoms with Crippen molar-refractivity contribution >= 4 is 11.3 Å². The Balaban J connectivity index is 1.89. The van der Waals surface area contributed by atoms with Crippen molar-refractivity contribution in [3.05, 3.63) is 16.1 Å². The molecule has 3 unspecified atom stereocenters. The lowest BCUT2D eigenvalue weighted by atomic mass is 9.79. The molecule has 1 fully saturated rings. The van der Waals surface area contributed by atoms with E-state index in [2.05, 4.69) is 17.3 Å². The van der Waals surface area contributed by atoms with Crippen molar-refractivity contribution in [3.63, 3.8) is 0 Å². The average Bonchev–Trinajstić information content (AvgIpc) is 2.64. The zero-order valence-corrected chi connectivity index (χ0v) is 11.0. The lowest BCUT2D eigenvalue weighted by molar-refractivity contribution is 0.0719. The first-order valence-corrected chi connectivity index (χ1v) is 7.12. The van der Waals surface area contributed by atoms with E-state index >= 15 is 0 Å². The van der Waals surface area contributed by atoms with Gasteiger partial charge in [0.15, 0.2) is 0 Å². The number of aryl methyl sites for hydroxylation is 1. The summed E-state index contributed by atoms with van der Waals surface area (Å²) in [6.07, 6.45) is 5.55. The predicted molar refractivity (Wildman–Crippen MR) is 67.7 cm³/mol. The van der Waals surface area contributed by atoms with Gasteiger partial charge in [0, 0.05) is 17.5 Å². The highest BCUT2D eigenvalue weighted by Gasteiger charge is 2.25. The first kappa shape index (κ1) is 12.1. The van der Waals surface area contributed by atoms with Gasteiger partial charge in [0.2, 0.25) is 0 Å². The number of hydrogen-bond donors (Lipinski definition) is 1. The molecule has 0 aliphatic heterocycles. The Hall–Kier alpha value is -0.410. The number of aliphatic hydroxyl groups excluding tert-OH is 1. The van der Waals surface area contributed by atoms with Gasteiger partial charge in [-0.1, -0.05) is 19.8 Å². The molecule has 0 spiro atoms. The van der Waals surface area contributed by atoms with Crippen molar-refractivity contribution in [3.8, 4) is 0 Å². The van der Waals surface area contributed by atoms with Crippen LogP contribution in [0.2, 0.25) is 0 Å². The molecule has 1 heterocycles. The Morgan fingerprint density at radius 1 is 1.56 bits per heavy atom. The summed E-state index contributed by atoms with van der Waals surface area (Å²) in [6.45, 7) is 4.31. The van der Waals surface area contributed by atoms with Crippen molar-refractivity contribution in [1.82, 2.24) is 4.98 Å². The minimum atomic E-state index is -0.187. The van der Waals surface area contributed by atoms with E-state index < -0.39 is 0 Å². The standard InChI is InChI=1S/C13H21NOS/c1-9-4-3-5-11(6-9)12(15)7-13-14-10(2)8-16-13/h8-9,11-12,15H,3-7H2,1-2H3. The molecule has 90 valence electrons. The fourth-order valence-corrected chi connectivity index (χ4v) is 3.50. The van der Waals surface area contributed by atoms with Crippen LogP contribution in [0.1, 0.15) is 43.3 Å². The van der Waals surface area contributed by atoms with Crippen LogP contribution in [0.4, 0.5) is 0 Å². The third kappa shape index (κ3) is 3.05. The van der Waals surface area contributed by atoms with Crippen molar-refractivity contribution in [2.75, 3.05) is 0 Å². The summed E-state index contributed by atoms with van der Waals surface area (Å²) in [4.78, 5) is 4.42. The zero-order chi connectivity index (χ0) is 11.5. The molecule has 3 heteroatoms. The van der Waals surface area contributed by atoms with E-state index in [-0.39, 0.29) is 6.10 Å². The second kappa shape index (κ2) is 5.28. The third-order valence-electron chi connectivity index (χ3n) is 3.57. The van der Waals surface area contributed by atoms with Gasteiger partial charge >= 0.3 is 0 Å². The van der Waals surface area contributed by atoms with Crippen LogP contribution in [0.25, 0.3) is 0 Å². The highest BCUT2D eigenvalue weighted by atomic mass is 32.1. The quantitative estimate of drug-likeness (QED) is 0.879. The van der Waals surface area contributed by atoms with Crippen LogP contribution < -0.4 is 0 Å². The number of hydrogen-bond acceptors (Lipinski definition) is 3. The van der Waals surface area contributed by atoms with Crippen molar-refractivity contribution < 1.29 is 5.11 Å². The van der Waals surface area contributed by atoms with Gasteiger partial charge < -0.3 is 5.11 Å². The summed E-state index contributed by atoms with van der Waals surface area (Å²) in [5, 5.41) is 13.4. The number of thiazole rings is 1. The highest BCUT2D eigenvalue weighted by molar-refractivity contribution is 7.09. The van der Waals surface area contributed by atoms with Gasteiger partial charge in [-0.15, -0.1) is 11.3 Å². The minimum Gasteiger partial charge on any atom is -0.392 e. The summed E-state index contributed by atoms with van der Waals surface area (Å²) >= 11 is 1.67. The molecule has 1 N–H and O–H groups in total. The molecule has 1 aromatic rings. The Bertz CT molecular complexity index is 336. The van der Waals surface area contributed by atoms with E-state index in [9.17, 15) is 5.11 Å². The molecular weight excluding hydrogens is 218 g/mol. The Morgan fingerprint density at radius 3 is 3.00 bits per heavy atom. The molecule has 0 aromatic carbocycles. The molecule has 16 heavy (non-hydrogen) atoms. The first-order chi connectivity index (χ1) is 7.65. The van der Waals surface area contributed by atoms with Gasteiger partial charge in [-0.25, -0.2) is 4.98 Å². The van der Waals surface area contributed by atoms with E-state index in [0.29, 0.717) is 5.92 Å². The Kier molecular flexibility index (Phi) is 3.98. The summed E-state index contributed by atoms with van der Waals surface area (Å²) in [5.74, 6) is 1.28. The minimum absolute atomic E-state index is 0.187. The lowest BCUT2D eigenvalue weighted by Crippen LogP contribution is -2.27. The summed E-state index contributed by atoms with van der Waals surface area (Å²) in [6, 6.07) is 0. The SMILES string of the molecule is Cc1csc(CC(O)C2CCCC(C)C2)n1. The molecule has 0 bridgehead atoms. The zero-order valence-electron chi connectivity index (χ0n) is 10.1. The molecule has 1 aliphatic carbocycles. The maximum absolute atomic E-state index is 10.2. The lowest BCUT2D eigenvalue weighted by Gasteiger charge is -2.30. The fourth-order valence-electron chi connectivity index (χ4n) is 2.67. The average molecular weight is 239 g/mol. The van der Waals surface area contributed by atoms with Gasteiger partial charge in [0.05, 0.1) is 11.1 Å². The normalized spacial score (nSPS) is 27.9. The number of aromatic nitrogens is 1. The predicted octanol–water partition coefficient (Wildman–Crippen LogP) is 3.18. The van der Waals surface area contributed by atoms with E-state index in [1.165, 1.54) is 25.7 Å². The number of aliphatic hydroxyl groups is 1. The molecule has 1 aliphatic rings. The van der Waals surface area contributed by atoms with Crippen LogP contribution in [-0.4, -0.2) is 16.2 Å². The molecule has 2 nitrogen and oxygen atoms in total. The van der Waals surface area contributed by atoms with E-state index in [1.54, 1.807) is 11.3 Å². The van der Waals surface area contributed by atoms with Crippen molar-refractivity contribution in [1.29, 1.82) is 0 Å². The molecule has 1 aromatic heterocycles. The molecule has 3 atom stereocenters. The van der Waals surface area contributed by atoms with Crippen LogP contribution in [0.5, 0.6) is 0 Å².